The number of carbonyl (C=O) groups excluding carboxylic acids is 3. The molecular weight excluding hydrogens is 1600 g/mol. The maximum Gasteiger partial charge on any atom is 0.427 e. The molecule has 0 bridgehead atoms. The van der Waals surface area contributed by atoms with Gasteiger partial charge in [-0.1, -0.05) is 58.0 Å². The van der Waals surface area contributed by atoms with Crippen LogP contribution in [0.15, 0.2) is 56.5 Å². The Hall–Kier alpha value is -9.56. The summed E-state index contributed by atoms with van der Waals surface area (Å²) >= 11 is 30.5. The van der Waals surface area contributed by atoms with E-state index >= 15 is 0 Å². The normalized spacial score (nSPS) is 12.8. The van der Waals surface area contributed by atoms with Gasteiger partial charge < -0.3 is 52.0 Å². The van der Waals surface area contributed by atoms with Gasteiger partial charge in [-0.15, -0.1) is 0 Å². The molecule has 0 atom stereocenters. The first-order chi connectivity index (χ1) is 48.0. The molecule has 0 saturated heterocycles. The van der Waals surface area contributed by atoms with Crippen molar-refractivity contribution in [3.8, 4) is 0 Å². The van der Waals surface area contributed by atoms with Crippen LogP contribution in [0.4, 0.5) is 85.0 Å². The SMILES string of the molecule is CC(C)(C)OC(=O)NNC(=O)c1cc(F)c(F)c(Cl)c1NC1CC1.CC(C)(C)OC(=O)Nn1c(=O)c2cc(F)c(F)c(Cl)c2n(C2CC2)c1=O.Nc1c(C(=O)O)cc(F)c(F)c1Cl.Nc1cc(F)c(F)cc1C(=O)O.O=C(O)c1cc(F)c(F)c(Cl)c1Br.O=C(O)c1cc(F)c(F)c(Cl)c1NC1CC1. The Morgan fingerprint density at radius 3 is 1.30 bits per heavy atom. The number of nitrogens with zero attached hydrogens (tertiary/aromatic N) is 2. The molecule has 13 N–H and O–H groups in total. The summed E-state index contributed by atoms with van der Waals surface area (Å²) in [6, 6.07) is 4.08. The van der Waals surface area contributed by atoms with Gasteiger partial charge in [0.2, 0.25) is 0 Å². The summed E-state index contributed by atoms with van der Waals surface area (Å²) in [5, 5.41) is 36.7. The minimum Gasteiger partial charge on any atom is -0.478 e. The van der Waals surface area contributed by atoms with Crippen molar-refractivity contribution in [2.45, 2.75) is 109 Å². The molecule has 7 aromatic rings. The van der Waals surface area contributed by atoms with Crippen LogP contribution in [0.3, 0.4) is 0 Å². The Kier molecular flexibility index (Phi) is 28.5. The predicted molar refractivity (Wildman–Crippen MR) is 358 cm³/mol. The van der Waals surface area contributed by atoms with Crippen molar-refractivity contribution in [3.63, 3.8) is 0 Å². The molecular formula is C62H53BrCl5F12N9O15. The number of anilines is 4. The number of carboxylic acid groups (broad SMARTS) is 4. The monoisotopic (exact) mass is 1650 g/mol. The number of aromatic nitrogens is 2. The van der Waals surface area contributed by atoms with Crippen LogP contribution in [0, 0.1) is 69.8 Å². The molecule has 0 aliphatic heterocycles. The fraction of sp³-hybridized carbons (Fsp3) is 0.274. The Bertz CT molecular complexity index is 4660. The fourth-order valence-corrected chi connectivity index (χ4v) is 9.60. The van der Waals surface area contributed by atoms with E-state index in [0.717, 1.165) is 36.3 Å². The fourth-order valence-electron chi connectivity index (χ4n) is 7.98. The summed E-state index contributed by atoms with van der Waals surface area (Å²) in [6.45, 7) is 9.78. The first-order valence-corrected chi connectivity index (χ1v) is 31.7. The molecule has 104 heavy (non-hydrogen) atoms. The minimum absolute atomic E-state index is 0.0124. The standard InChI is InChI=1S/C16H16ClF2N3O4.C15H18ClF2N3O3.C10H8ClF2NO2.C7H2BrClF2O2.C7H4ClF2NO2.C7H5F2NO2/c1-16(2,3)26-14(24)20-22-13(23)8-6-9(18)11(19)10(17)12(8)21(15(22)25)7-4-5-7;1-15(2,3)24-14(23)21-20-13(22)8-6-9(17)11(18)10(16)12(8)19-7-4-5-7;11-7-8(13)6(12)3-5(10(15)16)9(7)14-4-1-2-4;8-4-2(7(12)13)1-3(10)6(11)5(4)9;8-4-5(10)3(9)1-2(6(4)11)7(12)13;8-4-1-3(7(11)12)6(10)2-5(4)9/h6-7H,4-5H2,1-3H3,(H,20,24);6-7,19H,4-5H2,1-3H3,(H,20,22)(H,21,23);3-4,14H,1-2H2,(H,15,16);1H,(H,12,13);1H,11H2,(H,12,13);1-2H,10H2,(H,11,12). The van der Waals surface area contributed by atoms with Gasteiger partial charge in [0, 0.05) is 29.9 Å². The highest BCUT2D eigenvalue weighted by Crippen LogP contribution is 2.40. The summed E-state index contributed by atoms with van der Waals surface area (Å²) in [5.74, 6) is -21.7. The Balaban J connectivity index is 0.000000231. The first kappa shape index (κ1) is 85.1. The smallest absolute Gasteiger partial charge is 0.427 e. The zero-order chi connectivity index (χ0) is 79.0. The maximum absolute atomic E-state index is 13.9. The molecule has 3 saturated carbocycles. The van der Waals surface area contributed by atoms with Crippen LogP contribution in [-0.2, 0) is 9.47 Å². The highest BCUT2D eigenvalue weighted by atomic mass is 79.9. The lowest BCUT2D eigenvalue weighted by Crippen LogP contribution is -2.47. The lowest BCUT2D eigenvalue weighted by atomic mass is 10.1. The summed E-state index contributed by atoms with van der Waals surface area (Å²) in [4.78, 5) is 103. The van der Waals surface area contributed by atoms with E-state index in [4.69, 9.17) is 99.4 Å². The van der Waals surface area contributed by atoms with E-state index in [2.05, 4.69) is 37.4 Å². The van der Waals surface area contributed by atoms with Crippen LogP contribution in [0.2, 0.25) is 25.1 Å². The van der Waals surface area contributed by atoms with E-state index in [1.165, 1.54) is 0 Å². The lowest BCUT2D eigenvalue weighted by Gasteiger charge is -2.20. The number of aromatic carboxylic acids is 4. The van der Waals surface area contributed by atoms with Crippen LogP contribution in [0.1, 0.15) is 138 Å². The van der Waals surface area contributed by atoms with E-state index in [1.807, 2.05) is 5.43 Å². The van der Waals surface area contributed by atoms with Gasteiger partial charge in [0.1, 0.15) is 31.3 Å². The number of amides is 3. The molecule has 10 rings (SSSR count). The second-order valence-corrected chi connectivity index (χ2v) is 26.3. The summed E-state index contributed by atoms with van der Waals surface area (Å²) < 4.78 is 168. The summed E-state index contributed by atoms with van der Waals surface area (Å²) in [6.07, 6.45) is 2.71. The van der Waals surface area contributed by atoms with Crippen LogP contribution < -0.4 is 49.6 Å². The van der Waals surface area contributed by atoms with Crippen LogP contribution in [-0.4, -0.2) is 94.9 Å². The Labute approximate surface area is 610 Å². The van der Waals surface area contributed by atoms with Crippen LogP contribution >= 0.6 is 73.9 Å². The maximum atomic E-state index is 13.9. The van der Waals surface area contributed by atoms with Gasteiger partial charge in [-0.05, 0) is 132 Å². The number of nitrogen functional groups attached to an aromatic ring is 2. The van der Waals surface area contributed by atoms with Gasteiger partial charge >= 0.3 is 41.8 Å². The van der Waals surface area contributed by atoms with E-state index in [-0.39, 0.29) is 61.7 Å². The molecule has 6 aromatic carbocycles. The van der Waals surface area contributed by atoms with Gasteiger partial charge in [-0.3, -0.25) is 19.6 Å². The number of hydrogen-bond acceptors (Lipinski definition) is 15. The molecule has 3 amide bonds. The van der Waals surface area contributed by atoms with E-state index in [1.54, 1.807) is 41.5 Å². The number of fused-ring (bicyclic) bond motifs is 1. The van der Waals surface area contributed by atoms with Gasteiger partial charge in [0.25, 0.3) is 11.5 Å². The molecule has 0 spiro atoms. The number of halogens is 18. The molecule has 3 aliphatic carbocycles. The molecule has 3 aliphatic rings. The van der Waals surface area contributed by atoms with Crippen molar-refractivity contribution in [1.82, 2.24) is 20.1 Å². The largest absolute Gasteiger partial charge is 0.478 e. The van der Waals surface area contributed by atoms with Crippen LogP contribution in [0.5, 0.6) is 0 Å². The summed E-state index contributed by atoms with van der Waals surface area (Å²) in [5.41, 5.74) is 9.86. The molecule has 42 heteroatoms. The van der Waals surface area contributed by atoms with Crippen molar-refractivity contribution in [2.24, 2.45) is 0 Å². The zero-order valence-electron chi connectivity index (χ0n) is 53.6. The number of nitrogens with two attached hydrogens (primary N) is 2. The second-order valence-electron chi connectivity index (χ2n) is 23.6. The third kappa shape index (κ3) is 22.2. The Morgan fingerprint density at radius 1 is 0.481 bits per heavy atom. The number of rotatable bonds is 11. The average molecular weight is 1650 g/mol. The number of carboxylic acids is 4. The molecule has 0 unspecified atom stereocenters. The van der Waals surface area contributed by atoms with E-state index in [0.29, 0.717) is 53.9 Å². The van der Waals surface area contributed by atoms with Gasteiger partial charge in [0.05, 0.1) is 65.3 Å². The number of benzene rings is 6. The number of carbonyl (C=O) groups is 7. The lowest BCUT2D eigenvalue weighted by molar-refractivity contribution is 0.0482. The third-order valence-electron chi connectivity index (χ3n) is 13.1. The highest BCUT2D eigenvalue weighted by molar-refractivity contribution is 9.10. The number of hydrazine groups is 1. The second kappa shape index (κ2) is 34.8. The third-order valence-corrected chi connectivity index (χ3v) is 16.0. The molecule has 24 nitrogen and oxygen atoms in total. The van der Waals surface area contributed by atoms with Gasteiger partial charge in [-0.25, -0.2) is 97.1 Å². The van der Waals surface area contributed by atoms with Gasteiger partial charge in [-0.2, -0.15) is 4.68 Å². The van der Waals surface area contributed by atoms with Crippen molar-refractivity contribution in [3.05, 3.63) is 191 Å². The van der Waals surface area contributed by atoms with Crippen molar-refractivity contribution >= 4 is 150 Å². The van der Waals surface area contributed by atoms with Crippen LogP contribution in [0.25, 0.3) is 10.9 Å². The van der Waals surface area contributed by atoms with Gasteiger partial charge in [0.15, 0.2) is 69.8 Å². The summed E-state index contributed by atoms with van der Waals surface area (Å²) in [7, 11) is 0. The van der Waals surface area contributed by atoms with E-state index in [9.17, 15) is 95.8 Å². The number of ether oxygens (including phenoxy) is 2. The molecule has 3 fully saturated rings. The van der Waals surface area contributed by atoms with E-state index < -0.39 is 182 Å². The zero-order valence-corrected chi connectivity index (χ0v) is 59.0. The van der Waals surface area contributed by atoms with Crippen molar-refractivity contribution < 1.29 is 116 Å². The number of nitrogens with one attached hydrogen (secondary N) is 5. The number of hydrogen-bond donors (Lipinski definition) is 11. The molecule has 0 radical (unpaired) electrons. The molecule has 562 valence electrons. The first-order valence-electron chi connectivity index (χ1n) is 29.0. The van der Waals surface area contributed by atoms with Crippen molar-refractivity contribution in [2.75, 3.05) is 27.5 Å². The highest BCUT2D eigenvalue weighted by Gasteiger charge is 2.34. The topological polar surface area (TPSA) is 375 Å². The quantitative estimate of drug-likeness (QED) is 0.0188. The minimum atomic E-state index is -1.46. The predicted octanol–water partition coefficient (Wildman–Crippen LogP) is 15.4. The Morgan fingerprint density at radius 2 is 0.856 bits per heavy atom. The molecule has 1 heterocycles. The molecule has 1 aromatic heterocycles. The van der Waals surface area contributed by atoms with Crippen molar-refractivity contribution in [1.29, 1.82) is 0 Å². The average Bonchev–Trinajstić information content (AvgIpc) is 1.64.